The molecule has 0 aromatic heterocycles. The van der Waals surface area contributed by atoms with Crippen molar-refractivity contribution in [2.45, 2.75) is 12.6 Å². The molecule has 0 radical (unpaired) electrons. The molecule has 2 N–H and O–H groups in total. The van der Waals surface area contributed by atoms with Crippen LogP contribution in [0.15, 0.2) is 18.2 Å². The summed E-state index contributed by atoms with van der Waals surface area (Å²) in [5.74, 6) is -2.13. The monoisotopic (exact) mass is 220 g/mol. The van der Waals surface area contributed by atoms with Crippen LogP contribution in [0.2, 0.25) is 0 Å². The lowest BCUT2D eigenvalue weighted by molar-refractivity contribution is -0.139. The third-order valence-corrected chi connectivity index (χ3v) is 1.72. The summed E-state index contributed by atoms with van der Waals surface area (Å²) in [5, 5.41) is 17.3. The second kappa shape index (κ2) is 3.80. The van der Waals surface area contributed by atoms with Crippen molar-refractivity contribution in [2.75, 3.05) is 0 Å². The molecule has 0 unspecified atom stereocenters. The number of benzene rings is 1. The number of aromatic hydroxyl groups is 1. The van der Waals surface area contributed by atoms with Crippen molar-refractivity contribution in [1.29, 1.82) is 0 Å². The molecule has 0 aliphatic carbocycles. The van der Waals surface area contributed by atoms with Crippen LogP contribution < -0.4 is 0 Å². The molecule has 0 atom stereocenters. The van der Waals surface area contributed by atoms with Gasteiger partial charge in [0.1, 0.15) is 5.75 Å². The summed E-state index contributed by atoms with van der Waals surface area (Å²) >= 11 is 0. The third kappa shape index (κ3) is 2.87. The quantitative estimate of drug-likeness (QED) is 0.801. The molecule has 0 saturated carbocycles. The first-order chi connectivity index (χ1) is 6.80. The lowest BCUT2D eigenvalue weighted by atomic mass is 10.1. The molecular weight excluding hydrogens is 213 g/mol. The Balaban J connectivity index is 3.11. The number of phenols is 1. The summed E-state index contributed by atoms with van der Waals surface area (Å²) < 4.78 is 36.8. The van der Waals surface area contributed by atoms with Crippen LogP contribution >= 0.6 is 0 Å². The third-order valence-electron chi connectivity index (χ3n) is 1.72. The topological polar surface area (TPSA) is 57.5 Å². The molecule has 0 spiro atoms. The van der Waals surface area contributed by atoms with E-state index in [1.165, 1.54) is 0 Å². The predicted octanol–water partition coefficient (Wildman–Crippen LogP) is 2.04. The van der Waals surface area contributed by atoms with Gasteiger partial charge in [0.15, 0.2) is 0 Å². The van der Waals surface area contributed by atoms with Gasteiger partial charge in [-0.15, -0.1) is 0 Å². The number of hydrogen-bond donors (Lipinski definition) is 2. The van der Waals surface area contributed by atoms with E-state index in [4.69, 9.17) is 10.2 Å². The van der Waals surface area contributed by atoms with Gasteiger partial charge in [-0.1, -0.05) is 6.07 Å². The molecular formula is C9H7F3O3. The smallest absolute Gasteiger partial charge is 0.419 e. The molecule has 0 saturated heterocycles. The molecule has 15 heavy (non-hydrogen) atoms. The molecule has 1 rings (SSSR count). The van der Waals surface area contributed by atoms with Crippen LogP contribution in [-0.2, 0) is 17.4 Å². The zero-order valence-corrected chi connectivity index (χ0v) is 7.38. The van der Waals surface area contributed by atoms with Gasteiger partial charge in [0.2, 0.25) is 0 Å². The average Bonchev–Trinajstić information content (AvgIpc) is 2.05. The Bertz CT molecular complexity index is 385. The Morgan fingerprint density at radius 3 is 2.40 bits per heavy atom. The summed E-state index contributed by atoms with van der Waals surface area (Å²) in [6.45, 7) is 0. The van der Waals surface area contributed by atoms with E-state index >= 15 is 0 Å². The van der Waals surface area contributed by atoms with Crippen LogP contribution in [0.4, 0.5) is 13.2 Å². The standard InChI is InChI=1S/C9H7F3O3/c10-9(11,12)6-3-5(4-8(14)15)1-2-7(6)13/h1-3,13H,4H2,(H,14,15). The van der Waals surface area contributed by atoms with Crippen molar-refractivity contribution in [3.05, 3.63) is 29.3 Å². The van der Waals surface area contributed by atoms with Crippen LogP contribution in [0, 0.1) is 0 Å². The zero-order valence-electron chi connectivity index (χ0n) is 7.38. The van der Waals surface area contributed by atoms with Gasteiger partial charge in [0, 0.05) is 0 Å². The number of aliphatic carboxylic acids is 1. The molecule has 82 valence electrons. The zero-order chi connectivity index (χ0) is 11.6. The molecule has 0 heterocycles. The highest BCUT2D eigenvalue weighted by molar-refractivity contribution is 5.70. The number of rotatable bonds is 2. The number of phenolic OH excluding ortho intramolecular Hbond substituents is 1. The molecule has 0 aliphatic heterocycles. The van der Waals surface area contributed by atoms with Crippen LogP contribution in [0.5, 0.6) is 5.75 Å². The van der Waals surface area contributed by atoms with Gasteiger partial charge in [-0.3, -0.25) is 4.79 Å². The molecule has 0 amide bonds. The Labute approximate surface area is 82.8 Å². The van der Waals surface area contributed by atoms with E-state index < -0.39 is 29.9 Å². The Morgan fingerprint density at radius 2 is 1.93 bits per heavy atom. The van der Waals surface area contributed by atoms with Crippen LogP contribution in [0.3, 0.4) is 0 Å². The van der Waals surface area contributed by atoms with E-state index in [0.717, 1.165) is 12.1 Å². The first-order valence-corrected chi connectivity index (χ1v) is 3.91. The van der Waals surface area contributed by atoms with E-state index in [1.54, 1.807) is 0 Å². The van der Waals surface area contributed by atoms with Crippen molar-refractivity contribution in [2.24, 2.45) is 0 Å². The number of carboxylic acids is 1. The second-order valence-corrected chi connectivity index (χ2v) is 2.92. The van der Waals surface area contributed by atoms with Gasteiger partial charge in [-0.2, -0.15) is 13.2 Å². The fraction of sp³-hybridized carbons (Fsp3) is 0.222. The van der Waals surface area contributed by atoms with Crippen molar-refractivity contribution in [3.63, 3.8) is 0 Å². The van der Waals surface area contributed by atoms with Gasteiger partial charge in [-0.25, -0.2) is 0 Å². The van der Waals surface area contributed by atoms with Gasteiger partial charge < -0.3 is 10.2 Å². The minimum atomic E-state index is -4.68. The highest BCUT2D eigenvalue weighted by Gasteiger charge is 2.34. The molecule has 0 bridgehead atoms. The fourth-order valence-electron chi connectivity index (χ4n) is 1.09. The van der Waals surface area contributed by atoms with Gasteiger partial charge in [-0.05, 0) is 17.7 Å². The van der Waals surface area contributed by atoms with E-state index in [2.05, 4.69) is 0 Å². The lowest BCUT2D eigenvalue weighted by Crippen LogP contribution is -2.07. The average molecular weight is 220 g/mol. The highest BCUT2D eigenvalue weighted by atomic mass is 19.4. The van der Waals surface area contributed by atoms with E-state index in [9.17, 15) is 18.0 Å². The maximum Gasteiger partial charge on any atom is 0.419 e. The molecule has 1 aromatic rings. The van der Waals surface area contributed by atoms with Crippen molar-refractivity contribution < 1.29 is 28.2 Å². The van der Waals surface area contributed by atoms with Crippen LogP contribution in [-0.4, -0.2) is 16.2 Å². The van der Waals surface area contributed by atoms with Gasteiger partial charge >= 0.3 is 12.1 Å². The minimum absolute atomic E-state index is 0.00683. The second-order valence-electron chi connectivity index (χ2n) is 2.92. The number of carbonyl (C=O) groups is 1. The Morgan fingerprint density at radius 1 is 1.33 bits per heavy atom. The lowest BCUT2D eigenvalue weighted by Gasteiger charge is -2.09. The number of hydrogen-bond acceptors (Lipinski definition) is 2. The summed E-state index contributed by atoms with van der Waals surface area (Å²) in [6.07, 6.45) is -5.19. The normalized spacial score (nSPS) is 11.4. The van der Waals surface area contributed by atoms with Crippen molar-refractivity contribution >= 4 is 5.97 Å². The van der Waals surface area contributed by atoms with Gasteiger partial charge in [0.05, 0.1) is 12.0 Å². The molecule has 3 nitrogen and oxygen atoms in total. The summed E-state index contributed by atoms with van der Waals surface area (Å²) in [5.41, 5.74) is -1.23. The highest BCUT2D eigenvalue weighted by Crippen LogP contribution is 2.36. The maximum absolute atomic E-state index is 12.3. The fourth-order valence-corrected chi connectivity index (χ4v) is 1.09. The van der Waals surface area contributed by atoms with E-state index in [0.29, 0.717) is 6.07 Å². The van der Waals surface area contributed by atoms with Crippen LogP contribution in [0.25, 0.3) is 0 Å². The molecule has 6 heteroatoms. The van der Waals surface area contributed by atoms with E-state index in [1.807, 2.05) is 0 Å². The van der Waals surface area contributed by atoms with Crippen molar-refractivity contribution in [3.8, 4) is 5.75 Å². The van der Waals surface area contributed by atoms with Crippen molar-refractivity contribution in [1.82, 2.24) is 0 Å². The number of halogens is 3. The number of carboxylic acid groups (broad SMARTS) is 1. The molecule has 0 fully saturated rings. The maximum atomic E-state index is 12.3. The Hall–Kier alpha value is -1.72. The SMILES string of the molecule is O=C(O)Cc1ccc(O)c(C(F)(F)F)c1. The first kappa shape index (κ1) is 11.4. The minimum Gasteiger partial charge on any atom is -0.507 e. The Kier molecular flexibility index (Phi) is 2.88. The van der Waals surface area contributed by atoms with Gasteiger partial charge in [0.25, 0.3) is 0 Å². The molecule has 1 aromatic carbocycles. The summed E-state index contributed by atoms with van der Waals surface area (Å²) in [7, 11) is 0. The largest absolute Gasteiger partial charge is 0.507 e. The summed E-state index contributed by atoms with van der Waals surface area (Å²) in [4.78, 5) is 10.3. The van der Waals surface area contributed by atoms with E-state index in [-0.39, 0.29) is 5.56 Å². The summed E-state index contributed by atoms with van der Waals surface area (Å²) in [6, 6.07) is 2.60. The molecule has 0 aliphatic rings. The number of alkyl halides is 3. The first-order valence-electron chi connectivity index (χ1n) is 3.91. The predicted molar refractivity (Wildman–Crippen MR) is 44.4 cm³/mol. The van der Waals surface area contributed by atoms with Crippen LogP contribution in [0.1, 0.15) is 11.1 Å².